The summed E-state index contributed by atoms with van der Waals surface area (Å²) in [6, 6.07) is 11.6. The van der Waals surface area contributed by atoms with Crippen LogP contribution in [0, 0.1) is 0 Å². The maximum atomic E-state index is 10.5. The summed E-state index contributed by atoms with van der Waals surface area (Å²) in [7, 11) is 0. The second kappa shape index (κ2) is 5.64. The molecular weight excluding hydrogens is 266 g/mol. The third kappa shape index (κ3) is 2.75. The number of phenolic OH excluding ortho intramolecular Hbond substituents is 1. The summed E-state index contributed by atoms with van der Waals surface area (Å²) in [6.45, 7) is 3.46. The van der Waals surface area contributed by atoms with Gasteiger partial charge < -0.3 is 20.3 Å². The Labute approximate surface area is 124 Å². The molecule has 3 rings (SSSR count). The maximum Gasteiger partial charge on any atom is 0.120 e. The van der Waals surface area contributed by atoms with Crippen molar-refractivity contribution in [2.45, 2.75) is 31.6 Å². The van der Waals surface area contributed by atoms with Crippen molar-refractivity contribution in [1.29, 1.82) is 0 Å². The Bertz CT molecular complexity index is 643. The quantitative estimate of drug-likeness (QED) is 0.806. The lowest BCUT2D eigenvalue weighted by Crippen LogP contribution is -2.45. The molecule has 1 saturated heterocycles. The molecule has 0 bridgehead atoms. The van der Waals surface area contributed by atoms with Crippen LogP contribution in [0.5, 0.6) is 5.75 Å². The number of fused-ring (bicyclic) bond motifs is 1. The number of phenols is 1. The van der Waals surface area contributed by atoms with E-state index in [1.807, 2.05) is 37.3 Å². The summed E-state index contributed by atoms with van der Waals surface area (Å²) < 4.78 is 5.43. The summed E-state index contributed by atoms with van der Waals surface area (Å²) in [5.74, 6) is 0.281. The predicted molar refractivity (Wildman–Crippen MR) is 82.3 cm³/mol. The Hall–Kier alpha value is -1.62. The van der Waals surface area contributed by atoms with E-state index >= 15 is 0 Å². The van der Waals surface area contributed by atoms with Gasteiger partial charge in [0.1, 0.15) is 11.4 Å². The van der Waals surface area contributed by atoms with E-state index in [1.54, 1.807) is 6.07 Å². The van der Waals surface area contributed by atoms with Crippen molar-refractivity contribution in [2.75, 3.05) is 13.2 Å². The van der Waals surface area contributed by atoms with Crippen molar-refractivity contribution in [2.24, 2.45) is 0 Å². The van der Waals surface area contributed by atoms with Crippen LogP contribution in [-0.2, 0) is 11.3 Å². The number of ether oxygens (including phenoxy) is 1. The molecule has 0 aromatic heterocycles. The average Bonchev–Trinajstić information content (AvgIpc) is 2.81. The molecule has 1 heterocycles. The normalized spacial score (nSPS) is 25.5. The van der Waals surface area contributed by atoms with Gasteiger partial charge in [-0.2, -0.15) is 0 Å². The minimum absolute atomic E-state index is 0.161. The second-order valence-corrected chi connectivity index (χ2v) is 5.75. The second-order valence-electron chi connectivity index (χ2n) is 5.75. The molecule has 0 amide bonds. The van der Waals surface area contributed by atoms with Gasteiger partial charge in [-0.15, -0.1) is 0 Å². The molecule has 0 aliphatic carbocycles. The first-order chi connectivity index (χ1) is 10.1. The fourth-order valence-corrected chi connectivity index (χ4v) is 2.92. The third-order valence-electron chi connectivity index (χ3n) is 4.41. The minimum Gasteiger partial charge on any atom is -0.508 e. The van der Waals surface area contributed by atoms with E-state index in [9.17, 15) is 10.2 Å². The van der Waals surface area contributed by atoms with Crippen LogP contribution in [0.1, 0.15) is 18.9 Å². The molecule has 2 aromatic rings. The first-order valence-electron chi connectivity index (χ1n) is 7.34. The van der Waals surface area contributed by atoms with Crippen LogP contribution >= 0.6 is 0 Å². The van der Waals surface area contributed by atoms with Crippen LogP contribution < -0.4 is 5.32 Å². The van der Waals surface area contributed by atoms with Crippen LogP contribution in [0.25, 0.3) is 10.8 Å². The summed E-state index contributed by atoms with van der Waals surface area (Å²) in [6.07, 6.45) is 0.481. The molecule has 1 fully saturated rings. The van der Waals surface area contributed by atoms with E-state index in [0.717, 1.165) is 16.3 Å². The van der Waals surface area contributed by atoms with Gasteiger partial charge in [0, 0.05) is 31.7 Å². The van der Waals surface area contributed by atoms with Gasteiger partial charge >= 0.3 is 0 Å². The highest BCUT2D eigenvalue weighted by Gasteiger charge is 2.38. The molecule has 0 radical (unpaired) electrons. The van der Waals surface area contributed by atoms with E-state index in [1.165, 1.54) is 0 Å². The van der Waals surface area contributed by atoms with Crippen LogP contribution in [-0.4, -0.2) is 35.1 Å². The number of benzene rings is 2. The molecule has 2 unspecified atom stereocenters. The maximum absolute atomic E-state index is 10.5. The number of aromatic hydroxyl groups is 1. The largest absolute Gasteiger partial charge is 0.508 e. The topological polar surface area (TPSA) is 61.7 Å². The van der Waals surface area contributed by atoms with Crippen molar-refractivity contribution in [3.8, 4) is 5.75 Å². The molecule has 4 nitrogen and oxygen atoms in total. The van der Waals surface area contributed by atoms with Crippen molar-refractivity contribution >= 4 is 10.8 Å². The highest BCUT2D eigenvalue weighted by molar-refractivity contribution is 5.87. The fraction of sp³-hybridized carbons (Fsp3) is 0.412. The molecule has 1 aliphatic heterocycles. The number of hydrogen-bond acceptors (Lipinski definition) is 4. The van der Waals surface area contributed by atoms with Gasteiger partial charge in [-0.3, -0.25) is 0 Å². The van der Waals surface area contributed by atoms with Crippen LogP contribution in [0.4, 0.5) is 0 Å². The van der Waals surface area contributed by atoms with Crippen LogP contribution in [0.15, 0.2) is 36.4 Å². The highest BCUT2D eigenvalue weighted by Crippen LogP contribution is 2.28. The zero-order chi connectivity index (χ0) is 14.9. The van der Waals surface area contributed by atoms with Crippen LogP contribution in [0.3, 0.4) is 0 Å². The molecule has 21 heavy (non-hydrogen) atoms. The van der Waals surface area contributed by atoms with Gasteiger partial charge in [-0.05, 0) is 23.8 Å². The molecule has 0 saturated carbocycles. The first kappa shape index (κ1) is 14.3. The zero-order valence-electron chi connectivity index (χ0n) is 12.2. The molecule has 0 spiro atoms. The Morgan fingerprint density at radius 3 is 2.86 bits per heavy atom. The van der Waals surface area contributed by atoms with Gasteiger partial charge in [0.2, 0.25) is 0 Å². The van der Waals surface area contributed by atoms with Crippen molar-refractivity contribution in [3.63, 3.8) is 0 Å². The number of nitrogens with one attached hydrogen (secondary N) is 1. The first-order valence-corrected chi connectivity index (χ1v) is 7.34. The zero-order valence-corrected chi connectivity index (χ0v) is 12.2. The van der Waals surface area contributed by atoms with E-state index in [4.69, 9.17) is 4.74 Å². The molecule has 2 aromatic carbocycles. The summed E-state index contributed by atoms with van der Waals surface area (Å²) in [5, 5.41) is 26.0. The lowest BCUT2D eigenvalue weighted by Gasteiger charge is -2.26. The molecule has 1 aliphatic rings. The molecule has 112 valence electrons. The Morgan fingerprint density at radius 1 is 1.29 bits per heavy atom. The molecule has 2 atom stereocenters. The third-order valence-corrected chi connectivity index (χ3v) is 4.41. The fourth-order valence-electron chi connectivity index (χ4n) is 2.92. The summed E-state index contributed by atoms with van der Waals surface area (Å²) in [4.78, 5) is 0. The average molecular weight is 287 g/mol. The SMILES string of the molecule is CC1OCCC1(O)CNCc1c(O)ccc2ccccc12. The van der Waals surface area contributed by atoms with Crippen LogP contribution in [0.2, 0.25) is 0 Å². The van der Waals surface area contributed by atoms with Gasteiger partial charge in [0.15, 0.2) is 0 Å². The predicted octanol–water partition coefficient (Wildman–Crippen LogP) is 2.17. The molecule has 3 N–H and O–H groups in total. The van der Waals surface area contributed by atoms with Crippen molar-refractivity contribution in [3.05, 3.63) is 42.0 Å². The lowest BCUT2D eigenvalue weighted by molar-refractivity contribution is -0.0263. The van der Waals surface area contributed by atoms with E-state index in [2.05, 4.69) is 5.32 Å². The van der Waals surface area contributed by atoms with Gasteiger partial charge in [0.25, 0.3) is 0 Å². The monoisotopic (exact) mass is 287 g/mol. The number of hydrogen-bond donors (Lipinski definition) is 3. The van der Waals surface area contributed by atoms with E-state index in [0.29, 0.717) is 26.1 Å². The smallest absolute Gasteiger partial charge is 0.120 e. The van der Waals surface area contributed by atoms with Gasteiger partial charge in [0.05, 0.1) is 6.10 Å². The Kier molecular flexibility index (Phi) is 3.85. The van der Waals surface area contributed by atoms with Crippen molar-refractivity contribution in [1.82, 2.24) is 5.32 Å². The number of rotatable bonds is 4. The summed E-state index contributed by atoms with van der Waals surface area (Å²) >= 11 is 0. The molecule has 4 heteroatoms. The van der Waals surface area contributed by atoms with E-state index in [-0.39, 0.29) is 11.9 Å². The molecular formula is C17H21NO3. The minimum atomic E-state index is -0.819. The van der Waals surface area contributed by atoms with Gasteiger partial charge in [-0.25, -0.2) is 0 Å². The van der Waals surface area contributed by atoms with Gasteiger partial charge in [-0.1, -0.05) is 30.3 Å². The highest BCUT2D eigenvalue weighted by atomic mass is 16.5. The van der Waals surface area contributed by atoms with Crippen molar-refractivity contribution < 1.29 is 14.9 Å². The number of aliphatic hydroxyl groups is 1. The Morgan fingerprint density at radius 2 is 2.10 bits per heavy atom. The summed E-state index contributed by atoms with van der Waals surface area (Å²) in [5.41, 5.74) is 0.0449. The Balaban J connectivity index is 1.75. The van der Waals surface area contributed by atoms with E-state index < -0.39 is 5.60 Å². The standard InChI is InChI=1S/C17H21NO3/c1-12-17(20,8-9-21-12)11-18-10-15-14-5-3-2-4-13(14)6-7-16(15)19/h2-7,12,18-20H,8-11H2,1H3. The lowest BCUT2D eigenvalue weighted by atomic mass is 9.96.